The predicted molar refractivity (Wildman–Crippen MR) is 130 cm³/mol. The van der Waals surface area contributed by atoms with Crippen LogP contribution in [0.15, 0.2) is 133 Å². The topological polar surface area (TPSA) is 0 Å². The van der Waals surface area contributed by atoms with Gasteiger partial charge in [0.05, 0.1) is 0 Å². The fourth-order valence-electron chi connectivity index (χ4n) is 3.90. The van der Waals surface area contributed by atoms with Crippen molar-refractivity contribution in [3.8, 4) is 22.3 Å². The van der Waals surface area contributed by atoms with Crippen molar-refractivity contribution in [2.75, 3.05) is 0 Å². The molecular formula is C30H22Cl2Ti2. The third-order valence-corrected chi connectivity index (χ3v) is 5.45. The Morgan fingerprint density at radius 2 is 0.706 bits per heavy atom. The zero-order valence-corrected chi connectivity index (χ0v) is 23.1. The summed E-state index contributed by atoms with van der Waals surface area (Å²) in [5, 5.41) is 5.26. The summed E-state index contributed by atoms with van der Waals surface area (Å²) >= 11 is 0. The van der Waals surface area contributed by atoms with Gasteiger partial charge < -0.3 is 24.8 Å². The summed E-state index contributed by atoms with van der Waals surface area (Å²) in [5.41, 5.74) is 5.18. The maximum absolute atomic E-state index is 2.24. The second-order valence-corrected chi connectivity index (χ2v) is 7.48. The van der Waals surface area contributed by atoms with E-state index in [1.54, 1.807) is 0 Å². The van der Waals surface area contributed by atoms with Crippen LogP contribution < -0.4 is 24.8 Å². The quantitative estimate of drug-likeness (QED) is 0.230. The van der Waals surface area contributed by atoms with Gasteiger partial charge in [-0.15, -0.1) is 69.1 Å². The Kier molecular flexibility index (Phi) is 12.8. The van der Waals surface area contributed by atoms with Crippen LogP contribution >= 0.6 is 0 Å². The standard InChI is InChI=1S/2C15H11.2ClH.2Ti/c2*1-2-6-12(7-3-1)15-10-13-8-4-5-9-14(13)11-15;;;;/h2*1-11H;2*1H;;/q2*-1;;;2*+2/p-2. The second kappa shape index (κ2) is 14.5. The minimum Gasteiger partial charge on any atom is -1.00 e. The molecule has 4 heteroatoms. The zero-order valence-electron chi connectivity index (χ0n) is 18.5. The van der Waals surface area contributed by atoms with Crippen LogP contribution in [0.2, 0.25) is 0 Å². The van der Waals surface area contributed by atoms with Crippen LogP contribution in [0.1, 0.15) is 0 Å². The van der Waals surface area contributed by atoms with Crippen molar-refractivity contribution in [2.45, 2.75) is 0 Å². The van der Waals surface area contributed by atoms with E-state index in [-0.39, 0.29) is 68.2 Å². The summed E-state index contributed by atoms with van der Waals surface area (Å²) in [4.78, 5) is 0. The van der Waals surface area contributed by atoms with Gasteiger partial charge in [-0.3, -0.25) is 0 Å². The van der Waals surface area contributed by atoms with Gasteiger partial charge >= 0.3 is 43.4 Å². The van der Waals surface area contributed by atoms with Gasteiger partial charge in [-0.1, -0.05) is 108 Å². The summed E-state index contributed by atoms with van der Waals surface area (Å²) < 4.78 is 0. The molecule has 0 N–H and O–H groups in total. The summed E-state index contributed by atoms with van der Waals surface area (Å²) in [6, 6.07) is 46.9. The summed E-state index contributed by atoms with van der Waals surface area (Å²) in [6.07, 6.45) is 0. The smallest absolute Gasteiger partial charge is 1.00 e. The average Bonchev–Trinajstić information content (AvgIpc) is 3.45. The van der Waals surface area contributed by atoms with Gasteiger partial charge in [0.15, 0.2) is 0 Å². The molecule has 0 aliphatic heterocycles. The van der Waals surface area contributed by atoms with Gasteiger partial charge in [0.2, 0.25) is 0 Å². The van der Waals surface area contributed by atoms with Crippen molar-refractivity contribution in [3.63, 3.8) is 0 Å². The Balaban J connectivity index is 0.000000304. The molecular weight excluding hydrogens is 527 g/mol. The fourth-order valence-corrected chi connectivity index (χ4v) is 3.90. The maximum atomic E-state index is 2.24. The molecule has 0 fully saturated rings. The molecule has 6 rings (SSSR count). The van der Waals surface area contributed by atoms with Crippen molar-refractivity contribution >= 4 is 21.5 Å². The van der Waals surface area contributed by atoms with E-state index in [9.17, 15) is 0 Å². The minimum absolute atomic E-state index is 0. The van der Waals surface area contributed by atoms with Crippen molar-refractivity contribution in [2.24, 2.45) is 0 Å². The van der Waals surface area contributed by atoms with Gasteiger partial charge in [-0.25, -0.2) is 0 Å². The van der Waals surface area contributed by atoms with Crippen molar-refractivity contribution in [1.82, 2.24) is 0 Å². The molecule has 0 nitrogen and oxygen atoms in total. The SMILES string of the molecule is [Cl-].[Cl-].[Ti+2].[Ti+2].c1ccc(-c2cc3ccccc3[cH-]2)cc1.c1ccc(-c2cc3ccccc3[cH-]2)cc1. The number of hydrogen-bond acceptors (Lipinski definition) is 0. The number of rotatable bonds is 2. The molecule has 0 aliphatic rings. The molecule has 0 unspecified atom stereocenters. The number of halogens is 2. The van der Waals surface area contributed by atoms with Crippen LogP contribution in [-0.4, -0.2) is 0 Å². The maximum Gasteiger partial charge on any atom is 2.00 e. The fraction of sp³-hybridized carbons (Fsp3) is 0. The van der Waals surface area contributed by atoms with Gasteiger partial charge in [0, 0.05) is 0 Å². The van der Waals surface area contributed by atoms with E-state index < -0.39 is 0 Å². The van der Waals surface area contributed by atoms with E-state index in [0.717, 1.165) is 0 Å². The van der Waals surface area contributed by atoms with Crippen LogP contribution in [0.3, 0.4) is 0 Å². The van der Waals surface area contributed by atoms with Crippen LogP contribution in [0.25, 0.3) is 43.8 Å². The first-order valence-corrected chi connectivity index (χ1v) is 10.3. The number of fused-ring (bicyclic) bond motifs is 2. The Morgan fingerprint density at radius 3 is 1.06 bits per heavy atom. The third-order valence-electron chi connectivity index (χ3n) is 5.45. The number of hydrogen-bond donors (Lipinski definition) is 0. The first-order valence-electron chi connectivity index (χ1n) is 10.3. The molecule has 34 heavy (non-hydrogen) atoms. The van der Waals surface area contributed by atoms with E-state index >= 15 is 0 Å². The monoisotopic (exact) mass is 548 g/mol. The van der Waals surface area contributed by atoms with Crippen LogP contribution in [0.4, 0.5) is 0 Å². The molecule has 164 valence electrons. The zero-order chi connectivity index (χ0) is 20.2. The van der Waals surface area contributed by atoms with E-state index in [2.05, 4.69) is 121 Å². The van der Waals surface area contributed by atoms with Crippen LogP contribution in [-0.2, 0) is 43.4 Å². The molecule has 0 saturated carbocycles. The molecule has 0 aliphatic carbocycles. The van der Waals surface area contributed by atoms with Gasteiger partial charge in [0.25, 0.3) is 0 Å². The molecule has 0 aromatic heterocycles. The molecule has 0 bridgehead atoms. The van der Waals surface area contributed by atoms with Crippen molar-refractivity contribution < 1.29 is 68.2 Å². The molecule has 0 saturated heterocycles. The average molecular weight is 549 g/mol. The van der Waals surface area contributed by atoms with E-state index in [1.165, 1.54) is 43.8 Å². The van der Waals surface area contributed by atoms with E-state index in [1.807, 2.05) is 12.1 Å². The Bertz CT molecular complexity index is 1210. The second-order valence-electron chi connectivity index (χ2n) is 7.48. The van der Waals surface area contributed by atoms with Gasteiger partial charge in [-0.05, 0) is 0 Å². The van der Waals surface area contributed by atoms with Crippen molar-refractivity contribution in [3.05, 3.63) is 133 Å². The van der Waals surface area contributed by atoms with E-state index in [0.29, 0.717) is 0 Å². The third kappa shape index (κ3) is 7.06. The molecule has 0 heterocycles. The first-order chi connectivity index (χ1) is 14.9. The summed E-state index contributed by atoms with van der Waals surface area (Å²) in [5.74, 6) is 0. The van der Waals surface area contributed by atoms with Gasteiger partial charge in [0.1, 0.15) is 0 Å². The molecule has 0 radical (unpaired) electrons. The molecule has 6 aromatic carbocycles. The predicted octanol–water partition coefficient (Wildman–Crippen LogP) is 2.45. The molecule has 0 amide bonds. The van der Waals surface area contributed by atoms with Crippen LogP contribution in [0, 0.1) is 0 Å². The Labute approximate surface area is 243 Å². The Morgan fingerprint density at radius 1 is 0.382 bits per heavy atom. The number of benzene rings is 4. The van der Waals surface area contributed by atoms with E-state index in [4.69, 9.17) is 0 Å². The molecule has 0 spiro atoms. The van der Waals surface area contributed by atoms with Crippen LogP contribution in [0.5, 0.6) is 0 Å². The first kappa shape index (κ1) is 30.1. The van der Waals surface area contributed by atoms with Crippen molar-refractivity contribution in [1.29, 1.82) is 0 Å². The molecule has 6 aromatic rings. The minimum atomic E-state index is 0. The Hall–Kier alpha value is -1.89. The summed E-state index contributed by atoms with van der Waals surface area (Å²) in [7, 11) is 0. The van der Waals surface area contributed by atoms with Gasteiger partial charge in [-0.2, -0.15) is 0 Å². The molecule has 0 atom stereocenters. The summed E-state index contributed by atoms with van der Waals surface area (Å²) in [6.45, 7) is 0. The normalized spacial score (nSPS) is 9.41. The largest absolute Gasteiger partial charge is 2.00 e.